The van der Waals surface area contributed by atoms with Gasteiger partial charge < -0.3 is 4.90 Å². The zero-order valence-electron chi connectivity index (χ0n) is 17.9. The lowest BCUT2D eigenvalue weighted by molar-refractivity contribution is -0.127. The summed E-state index contributed by atoms with van der Waals surface area (Å²) in [6.07, 6.45) is 6.83. The van der Waals surface area contributed by atoms with Crippen LogP contribution in [0.2, 0.25) is 0 Å². The zero-order valence-corrected chi connectivity index (χ0v) is 18.8. The fourth-order valence-electron chi connectivity index (χ4n) is 3.82. The van der Waals surface area contributed by atoms with Crippen LogP contribution >= 0.6 is 11.3 Å². The van der Waals surface area contributed by atoms with Crippen molar-refractivity contribution in [2.75, 3.05) is 26.2 Å². The molecule has 4 heterocycles. The number of hydrogen-bond donors (Lipinski definition) is 0. The largest absolute Gasteiger partial charge is 0.337 e. The van der Waals surface area contributed by atoms with Crippen LogP contribution in [0.1, 0.15) is 17.0 Å². The summed E-state index contributed by atoms with van der Waals surface area (Å²) in [5, 5.41) is 10.1. The van der Waals surface area contributed by atoms with E-state index in [1.807, 2.05) is 46.8 Å². The average Bonchev–Trinajstić information content (AvgIpc) is 3.48. The standard InChI is InChI=1S/C23H23N7O2S/c31-21(7-6-19-17-29(26-25-19)15-18-4-2-1-3-5-18)28-10-8-27(9-11-28)16-20-14-22(32)30-12-13-33-23(30)24-20/h1-7,12-14,17H,8-11,15-16H2. The summed E-state index contributed by atoms with van der Waals surface area (Å²) in [6, 6.07) is 11.6. The third-order valence-corrected chi connectivity index (χ3v) is 6.32. The molecule has 168 valence electrons. The van der Waals surface area contributed by atoms with E-state index in [1.54, 1.807) is 33.5 Å². The molecule has 0 atom stereocenters. The van der Waals surface area contributed by atoms with Crippen molar-refractivity contribution < 1.29 is 4.79 Å². The zero-order chi connectivity index (χ0) is 22.6. The Morgan fingerprint density at radius 1 is 1.09 bits per heavy atom. The molecule has 33 heavy (non-hydrogen) atoms. The van der Waals surface area contributed by atoms with Gasteiger partial charge in [0.25, 0.3) is 5.56 Å². The van der Waals surface area contributed by atoms with Gasteiger partial charge in [0.15, 0.2) is 4.96 Å². The maximum Gasteiger partial charge on any atom is 0.258 e. The van der Waals surface area contributed by atoms with E-state index < -0.39 is 0 Å². The number of aromatic nitrogens is 5. The van der Waals surface area contributed by atoms with E-state index in [4.69, 9.17) is 0 Å². The minimum absolute atomic E-state index is 0.0383. The number of carbonyl (C=O) groups is 1. The lowest BCUT2D eigenvalue weighted by Crippen LogP contribution is -2.48. The highest BCUT2D eigenvalue weighted by Crippen LogP contribution is 2.11. The highest BCUT2D eigenvalue weighted by molar-refractivity contribution is 7.15. The molecule has 0 spiro atoms. The van der Waals surface area contributed by atoms with Gasteiger partial charge in [0.1, 0.15) is 5.69 Å². The molecule has 0 unspecified atom stereocenters. The molecule has 1 saturated heterocycles. The smallest absolute Gasteiger partial charge is 0.258 e. The van der Waals surface area contributed by atoms with Crippen LogP contribution in [0.15, 0.2) is 65.0 Å². The van der Waals surface area contributed by atoms with Gasteiger partial charge in [-0.1, -0.05) is 35.5 Å². The van der Waals surface area contributed by atoms with Crippen molar-refractivity contribution in [2.24, 2.45) is 0 Å². The van der Waals surface area contributed by atoms with Gasteiger partial charge in [-0.05, 0) is 11.6 Å². The predicted molar refractivity (Wildman–Crippen MR) is 126 cm³/mol. The van der Waals surface area contributed by atoms with Crippen molar-refractivity contribution in [3.63, 3.8) is 0 Å². The van der Waals surface area contributed by atoms with E-state index in [-0.39, 0.29) is 11.5 Å². The first-order valence-corrected chi connectivity index (χ1v) is 11.6. The molecule has 0 aliphatic carbocycles. The van der Waals surface area contributed by atoms with E-state index in [0.717, 1.165) is 24.3 Å². The van der Waals surface area contributed by atoms with Crippen LogP contribution in [0.4, 0.5) is 0 Å². The van der Waals surface area contributed by atoms with Crippen molar-refractivity contribution in [2.45, 2.75) is 13.1 Å². The number of fused-ring (bicyclic) bond motifs is 1. The molecule has 5 rings (SSSR count). The van der Waals surface area contributed by atoms with Gasteiger partial charge in [-0.2, -0.15) is 0 Å². The van der Waals surface area contributed by atoms with E-state index in [2.05, 4.69) is 20.2 Å². The molecule has 0 bridgehead atoms. The third kappa shape index (κ3) is 5.07. The second-order valence-electron chi connectivity index (χ2n) is 7.90. The number of amides is 1. The Bertz CT molecular complexity index is 1330. The highest BCUT2D eigenvalue weighted by atomic mass is 32.1. The summed E-state index contributed by atoms with van der Waals surface area (Å²) in [5.74, 6) is -0.0383. The number of benzene rings is 1. The molecular formula is C23H23N7O2S. The molecule has 0 saturated carbocycles. The summed E-state index contributed by atoms with van der Waals surface area (Å²) in [6.45, 7) is 3.97. The van der Waals surface area contributed by atoms with Crippen molar-refractivity contribution in [1.82, 2.24) is 34.2 Å². The number of carbonyl (C=O) groups excluding carboxylic acids is 1. The van der Waals surface area contributed by atoms with Gasteiger partial charge in [-0.25, -0.2) is 9.67 Å². The van der Waals surface area contributed by atoms with Crippen LogP contribution in [0.25, 0.3) is 11.0 Å². The fraction of sp³-hybridized carbons (Fsp3) is 0.261. The topological polar surface area (TPSA) is 88.6 Å². The molecule has 1 fully saturated rings. The highest BCUT2D eigenvalue weighted by Gasteiger charge is 2.20. The van der Waals surface area contributed by atoms with E-state index in [1.165, 1.54) is 11.3 Å². The van der Waals surface area contributed by atoms with Crippen molar-refractivity contribution in [3.05, 3.63) is 87.6 Å². The van der Waals surface area contributed by atoms with Gasteiger partial charge in [0.05, 0.1) is 18.4 Å². The monoisotopic (exact) mass is 461 g/mol. The molecule has 1 aromatic carbocycles. The van der Waals surface area contributed by atoms with Crippen LogP contribution in [-0.4, -0.2) is 66.3 Å². The van der Waals surface area contributed by atoms with Crippen molar-refractivity contribution in [3.8, 4) is 0 Å². The second kappa shape index (κ2) is 9.47. The second-order valence-corrected chi connectivity index (χ2v) is 8.78. The van der Waals surface area contributed by atoms with Gasteiger partial charge >= 0.3 is 0 Å². The minimum Gasteiger partial charge on any atom is -0.337 e. The minimum atomic E-state index is -0.0594. The summed E-state index contributed by atoms with van der Waals surface area (Å²) < 4.78 is 3.31. The van der Waals surface area contributed by atoms with Crippen LogP contribution in [0.3, 0.4) is 0 Å². The van der Waals surface area contributed by atoms with Crippen LogP contribution in [0.5, 0.6) is 0 Å². The first kappa shape index (κ1) is 21.2. The molecule has 1 aliphatic heterocycles. The average molecular weight is 462 g/mol. The summed E-state index contributed by atoms with van der Waals surface area (Å²) in [7, 11) is 0. The molecule has 10 heteroatoms. The number of hydrogen-bond acceptors (Lipinski definition) is 7. The molecular weight excluding hydrogens is 438 g/mol. The maximum atomic E-state index is 12.6. The van der Waals surface area contributed by atoms with Crippen molar-refractivity contribution in [1.29, 1.82) is 0 Å². The number of piperazine rings is 1. The third-order valence-electron chi connectivity index (χ3n) is 5.57. The Labute approximate surface area is 194 Å². The Hall–Kier alpha value is -3.63. The number of rotatable bonds is 6. The SMILES string of the molecule is O=C(C=Cc1cn(Cc2ccccc2)nn1)N1CCN(Cc2cc(=O)n3ccsc3n2)CC1. The molecule has 1 aliphatic rings. The Morgan fingerprint density at radius 2 is 1.91 bits per heavy atom. The van der Waals surface area contributed by atoms with Crippen LogP contribution < -0.4 is 5.56 Å². The Morgan fingerprint density at radius 3 is 2.73 bits per heavy atom. The quantitative estimate of drug-likeness (QED) is 0.407. The number of nitrogens with zero attached hydrogens (tertiary/aromatic N) is 7. The van der Waals surface area contributed by atoms with Gasteiger partial charge in [-0.3, -0.25) is 18.9 Å². The van der Waals surface area contributed by atoms with Gasteiger partial charge in [-0.15, -0.1) is 16.4 Å². The Kier molecular flexibility index (Phi) is 6.09. The summed E-state index contributed by atoms with van der Waals surface area (Å²) >= 11 is 1.45. The van der Waals surface area contributed by atoms with E-state index in [0.29, 0.717) is 36.8 Å². The lowest BCUT2D eigenvalue weighted by Gasteiger charge is -2.33. The summed E-state index contributed by atoms with van der Waals surface area (Å²) in [5.41, 5.74) is 2.50. The fourth-order valence-corrected chi connectivity index (χ4v) is 4.56. The van der Waals surface area contributed by atoms with Gasteiger partial charge in [0, 0.05) is 56.4 Å². The molecule has 9 nitrogen and oxygen atoms in total. The summed E-state index contributed by atoms with van der Waals surface area (Å²) in [4.78, 5) is 34.1. The predicted octanol–water partition coefficient (Wildman–Crippen LogP) is 1.75. The lowest BCUT2D eigenvalue weighted by atomic mass is 10.2. The van der Waals surface area contributed by atoms with Crippen LogP contribution in [0, 0.1) is 0 Å². The van der Waals surface area contributed by atoms with E-state index >= 15 is 0 Å². The maximum absolute atomic E-state index is 12.6. The van der Waals surface area contributed by atoms with Crippen molar-refractivity contribution >= 4 is 28.3 Å². The number of thiazole rings is 1. The van der Waals surface area contributed by atoms with E-state index in [9.17, 15) is 9.59 Å². The first-order chi connectivity index (χ1) is 16.1. The molecule has 3 aromatic heterocycles. The molecule has 0 N–H and O–H groups in total. The normalized spacial score (nSPS) is 15.0. The van der Waals surface area contributed by atoms with Crippen LogP contribution in [-0.2, 0) is 17.9 Å². The molecule has 4 aromatic rings. The first-order valence-electron chi connectivity index (χ1n) is 10.7. The molecule has 0 radical (unpaired) electrons. The molecule has 1 amide bonds. The Balaban J connectivity index is 1.13. The van der Waals surface area contributed by atoms with Gasteiger partial charge in [0.2, 0.25) is 5.91 Å².